The number of hydrogen-bond acceptors (Lipinski definition) is 0. The van der Waals surface area contributed by atoms with Gasteiger partial charge in [0.2, 0.25) is 0 Å². The molecule has 0 saturated carbocycles. The van der Waals surface area contributed by atoms with Gasteiger partial charge in [-0.15, -0.1) is 0 Å². The molecule has 1 heteroatoms. The summed E-state index contributed by atoms with van der Waals surface area (Å²) in [6, 6.07) is 0. The molecule has 0 aliphatic carbocycles. The second-order valence-electron chi connectivity index (χ2n) is 1.15. The van der Waals surface area contributed by atoms with Crippen molar-refractivity contribution in [3.05, 3.63) is 11.6 Å². The van der Waals surface area contributed by atoms with Crippen LogP contribution in [0, 0.1) is 0 Å². The summed E-state index contributed by atoms with van der Waals surface area (Å²) in [5, 5.41) is 0. The molecule has 34 valence electrons. The predicted molar refractivity (Wildman–Crippen MR) is 25.5 cm³/mol. The molecule has 0 fully saturated rings. The Kier molecular flexibility index (Phi) is 3.66. The van der Waals surface area contributed by atoms with Gasteiger partial charge in [-0.1, -0.05) is 0 Å². The Hall–Kier alpha value is 0.298. The van der Waals surface area contributed by atoms with Gasteiger partial charge in [0.25, 0.3) is 0 Å². The molecular formula is C5H8W. The molecule has 0 spiro atoms. The van der Waals surface area contributed by atoms with Gasteiger partial charge in [-0.05, 0) is 0 Å². The first kappa shape index (κ1) is 6.30. The van der Waals surface area contributed by atoms with E-state index in [0.29, 0.717) is 0 Å². The van der Waals surface area contributed by atoms with Gasteiger partial charge in [0.1, 0.15) is 0 Å². The maximum atomic E-state index is 2.17. The molecule has 0 aromatic carbocycles. The normalized spacial score (nSPS) is 11.3. The Labute approximate surface area is 49.7 Å². The van der Waals surface area contributed by atoms with E-state index in [1.54, 1.807) is 0 Å². The Morgan fingerprint density at radius 3 is 2.17 bits per heavy atom. The van der Waals surface area contributed by atoms with E-state index in [0.717, 1.165) is 0 Å². The molecule has 0 rings (SSSR count). The molecule has 0 aromatic rings. The summed E-state index contributed by atoms with van der Waals surface area (Å²) < 4.78 is 2.17. The van der Waals surface area contributed by atoms with E-state index < -0.39 is 0 Å². The van der Waals surface area contributed by atoms with Crippen molar-refractivity contribution in [1.29, 1.82) is 0 Å². The van der Waals surface area contributed by atoms with Gasteiger partial charge in [-0.3, -0.25) is 0 Å². The van der Waals surface area contributed by atoms with Crippen molar-refractivity contribution in [1.82, 2.24) is 0 Å². The molecule has 0 aliphatic rings. The molecule has 0 radical (unpaired) electrons. The van der Waals surface area contributed by atoms with Crippen molar-refractivity contribution < 1.29 is 19.4 Å². The summed E-state index contributed by atoms with van der Waals surface area (Å²) in [4.78, 5) is 0. The van der Waals surface area contributed by atoms with Crippen molar-refractivity contribution in [2.24, 2.45) is 0 Å². The fourth-order valence-electron chi connectivity index (χ4n) is 0.0680. The van der Waals surface area contributed by atoms with Crippen LogP contribution in [0.15, 0.2) is 11.6 Å². The van der Waals surface area contributed by atoms with E-state index in [1.807, 2.05) is 0 Å². The summed E-state index contributed by atoms with van der Waals surface area (Å²) in [5.41, 5.74) is 1.38. The average molecular weight is 252 g/mol. The first-order valence-electron chi connectivity index (χ1n) is 1.89. The SMILES string of the molecule is CC=C(C)[CH]=[W]. The molecule has 0 aliphatic heterocycles. The van der Waals surface area contributed by atoms with Gasteiger partial charge in [0.15, 0.2) is 0 Å². The van der Waals surface area contributed by atoms with E-state index in [9.17, 15) is 0 Å². The van der Waals surface area contributed by atoms with Crippen molar-refractivity contribution in [2.75, 3.05) is 0 Å². The molecule has 0 bridgehead atoms. The Morgan fingerprint density at radius 2 is 2.17 bits per heavy atom. The summed E-state index contributed by atoms with van der Waals surface area (Å²) in [6.45, 7) is 4.15. The molecule has 0 nitrogen and oxygen atoms in total. The summed E-state index contributed by atoms with van der Waals surface area (Å²) >= 11 is 1.53. The minimum atomic E-state index is 1.38. The molecule has 0 amide bonds. The number of hydrogen-bond donors (Lipinski definition) is 0. The molecule has 0 N–H and O–H groups in total. The molecule has 0 atom stereocenters. The predicted octanol–water partition coefficient (Wildman–Crippen LogP) is 1.30. The molecule has 6 heavy (non-hydrogen) atoms. The quantitative estimate of drug-likeness (QED) is 0.659. The molecular weight excluding hydrogens is 244 g/mol. The van der Waals surface area contributed by atoms with Crippen LogP contribution in [-0.4, -0.2) is 4.40 Å². The average Bonchev–Trinajstić information content (AvgIpc) is 1.65. The number of allylic oxidation sites excluding steroid dienone is 2. The van der Waals surface area contributed by atoms with Crippen LogP contribution >= 0.6 is 0 Å². The van der Waals surface area contributed by atoms with Crippen LogP contribution in [0.2, 0.25) is 0 Å². The topological polar surface area (TPSA) is 0 Å². The zero-order valence-corrected chi connectivity index (χ0v) is 7.00. The second-order valence-corrected chi connectivity index (χ2v) is 2.00. The minimum absolute atomic E-state index is 1.38. The summed E-state index contributed by atoms with van der Waals surface area (Å²) in [7, 11) is 0. The van der Waals surface area contributed by atoms with E-state index in [4.69, 9.17) is 0 Å². The van der Waals surface area contributed by atoms with Crippen molar-refractivity contribution in [3.63, 3.8) is 0 Å². The van der Waals surface area contributed by atoms with Crippen LogP contribution in [0.4, 0.5) is 0 Å². The molecule has 0 unspecified atom stereocenters. The maximum absolute atomic E-state index is 2.17. The van der Waals surface area contributed by atoms with Crippen LogP contribution in [0.1, 0.15) is 13.8 Å². The van der Waals surface area contributed by atoms with Gasteiger partial charge >= 0.3 is 49.3 Å². The molecule has 0 aromatic heterocycles. The van der Waals surface area contributed by atoms with Gasteiger partial charge in [0, 0.05) is 0 Å². The third-order valence-electron chi connectivity index (χ3n) is 0.641. The Balaban J connectivity index is 3.50. The first-order valence-corrected chi connectivity index (χ1v) is 3.58. The van der Waals surface area contributed by atoms with Crippen molar-refractivity contribution >= 4 is 4.40 Å². The second kappa shape index (κ2) is 3.49. The van der Waals surface area contributed by atoms with Gasteiger partial charge in [-0.25, -0.2) is 0 Å². The van der Waals surface area contributed by atoms with Gasteiger partial charge < -0.3 is 0 Å². The fraction of sp³-hybridized carbons (Fsp3) is 0.400. The zero-order valence-electron chi connectivity index (χ0n) is 4.06. The van der Waals surface area contributed by atoms with Crippen LogP contribution < -0.4 is 0 Å². The Morgan fingerprint density at radius 1 is 1.67 bits per heavy atom. The third kappa shape index (κ3) is 2.53. The van der Waals surface area contributed by atoms with Crippen LogP contribution in [0.3, 0.4) is 0 Å². The zero-order chi connectivity index (χ0) is 4.99. The monoisotopic (exact) mass is 252 g/mol. The first-order chi connectivity index (χ1) is 2.81. The molecule has 0 heterocycles. The molecule has 0 saturated heterocycles. The summed E-state index contributed by atoms with van der Waals surface area (Å²) in [5.74, 6) is 0. The van der Waals surface area contributed by atoms with Crippen molar-refractivity contribution in [2.45, 2.75) is 13.8 Å². The van der Waals surface area contributed by atoms with E-state index >= 15 is 0 Å². The van der Waals surface area contributed by atoms with Crippen LogP contribution in [-0.2, 0) is 19.4 Å². The van der Waals surface area contributed by atoms with E-state index in [-0.39, 0.29) is 0 Å². The Bertz CT molecular complexity index is 72.0. The number of rotatable bonds is 1. The van der Waals surface area contributed by atoms with Gasteiger partial charge in [0.05, 0.1) is 0 Å². The fourth-order valence-corrected chi connectivity index (χ4v) is 0.557. The third-order valence-corrected chi connectivity index (χ3v) is 1.98. The van der Waals surface area contributed by atoms with Crippen LogP contribution in [0.5, 0.6) is 0 Å². The van der Waals surface area contributed by atoms with Gasteiger partial charge in [-0.2, -0.15) is 0 Å². The standard InChI is InChI=1S/C5H8.W/c1-4-5(2)3;/h2,4H,1,3H3;. The van der Waals surface area contributed by atoms with E-state index in [1.165, 1.54) is 24.9 Å². The summed E-state index contributed by atoms with van der Waals surface area (Å²) in [6.07, 6.45) is 2.10. The van der Waals surface area contributed by atoms with E-state index in [2.05, 4.69) is 24.3 Å². The van der Waals surface area contributed by atoms with Crippen molar-refractivity contribution in [3.8, 4) is 0 Å². The van der Waals surface area contributed by atoms with Crippen LogP contribution in [0.25, 0.3) is 0 Å².